The van der Waals surface area contributed by atoms with E-state index in [0.717, 1.165) is 0 Å². The van der Waals surface area contributed by atoms with Crippen molar-refractivity contribution in [2.45, 2.75) is 6.61 Å². The van der Waals surface area contributed by atoms with Gasteiger partial charge in [0, 0.05) is 10.9 Å². The number of anilines is 2. The van der Waals surface area contributed by atoms with Crippen LogP contribution < -0.4 is 5.32 Å². The lowest BCUT2D eigenvalue weighted by Crippen LogP contribution is -1.98. The summed E-state index contributed by atoms with van der Waals surface area (Å²) in [6.45, 7) is -0.165. The van der Waals surface area contributed by atoms with Crippen molar-refractivity contribution in [1.82, 2.24) is 0 Å². The Morgan fingerprint density at radius 2 is 1.88 bits per heavy atom. The van der Waals surface area contributed by atoms with E-state index in [1.165, 1.54) is 29.5 Å². The van der Waals surface area contributed by atoms with E-state index in [1.54, 1.807) is 10.8 Å². The van der Waals surface area contributed by atoms with E-state index in [-0.39, 0.29) is 12.3 Å². The van der Waals surface area contributed by atoms with Crippen LogP contribution >= 0.6 is 11.3 Å². The number of nitrogens with one attached hydrogen (secondary N) is 1. The molecular weight excluding hydrogens is 232 g/mol. The molecule has 84 valence electrons. The Kier molecular flexibility index (Phi) is 3.17. The number of rotatable bonds is 3. The van der Waals surface area contributed by atoms with Crippen molar-refractivity contribution < 1.29 is 13.9 Å². The number of benzene rings is 1. The third-order valence-electron chi connectivity index (χ3n) is 2.13. The maximum absolute atomic E-state index is 13.3. The van der Waals surface area contributed by atoms with Crippen LogP contribution in [0.15, 0.2) is 29.0 Å². The molecule has 5 heteroatoms. The summed E-state index contributed by atoms with van der Waals surface area (Å²) in [5.41, 5.74) is 0.944. The fourth-order valence-corrected chi connectivity index (χ4v) is 2.09. The molecule has 0 amide bonds. The first-order chi connectivity index (χ1) is 7.72. The summed E-state index contributed by atoms with van der Waals surface area (Å²) < 4.78 is 26.6. The Hall–Kier alpha value is -1.46. The third kappa shape index (κ3) is 2.05. The van der Waals surface area contributed by atoms with Gasteiger partial charge in [0.1, 0.15) is 17.3 Å². The average Bonchev–Trinajstić information content (AvgIpc) is 2.71. The molecule has 0 atom stereocenters. The fraction of sp³-hybridized carbons (Fsp3) is 0.0909. The van der Waals surface area contributed by atoms with Gasteiger partial charge in [-0.3, -0.25) is 0 Å². The maximum Gasteiger partial charge on any atom is 0.149 e. The summed E-state index contributed by atoms with van der Waals surface area (Å²) in [5, 5.41) is 15.1. The molecule has 0 spiro atoms. The standard InChI is InChI=1S/C11H9F2NOS/c12-8-2-1-3-9(13)11(8)14-10-6-16-5-7(10)4-15/h1-3,5-6,14-15H,4H2. The van der Waals surface area contributed by atoms with Gasteiger partial charge in [0.25, 0.3) is 0 Å². The van der Waals surface area contributed by atoms with E-state index >= 15 is 0 Å². The number of para-hydroxylation sites is 1. The van der Waals surface area contributed by atoms with Crippen LogP contribution in [0.5, 0.6) is 0 Å². The largest absolute Gasteiger partial charge is 0.392 e. The van der Waals surface area contributed by atoms with Gasteiger partial charge in [0.05, 0.1) is 12.3 Å². The van der Waals surface area contributed by atoms with Crippen LogP contribution in [-0.2, 0) is 6.61 Å². The van der Waals surface area contributed by atoms with E-state index in [2.05, 4.69) is 5.32 Å². The first-order valence-corrected chi connectivity index (χ1v) is 5.53. The zero-order valence-electron chi connectivity index (χ0n) is 8.21. The van der Waals surface area contributed by atoms with Gasteiger partial charge in [0.15, 0.2) is 0 Å². The van der Waals surface area contributed by atoms with Crippen molar-refractivity contribution in [3.63, 3.8) is 0 Å². The molecule has 0 saturated heterocycles. The van der Waals surface area contributed by atoms with Gasteiger partial charge >= 0.3 is 0 Å². The highest BCUT2D eigenvalue weighted by atomic mass is 32.1. The Labute approximate surface area is 95.2 Å². The average molecular weight is 241 g/mol. The van der Waals surface area contributed by atoms with Crippen LogP contribution in [0.4, 0.5) is 20.2 Å². The van der Waals surface area contributed by atoms with Crippen molar-refractivity contribution in [2.24, 2.45) is 0 Å². The molecule has 1 aromatic heterocycles. The number of halogens is 2. The zero-order valence-corrected chi connectivity index (χ0v) is 9.02. The third-order valence-corrected chi connectivity index (χ3v) is 2.93. The van der Waals surface area contributed by atoms with Gasteiger partial charge in [-0.15, -0.1) is 11.3 Å². The highest BCUT2D eigenvalue weighted by Gasteiger charge is 2.10. The second kappa shape index (κ2) is 4.59. The van der Waals surface area contributed by atoms with E-state index in [4.69, 9.17) is 5.11 Å². The van der Waals surface area contributed by atoms with E-state index in [9.17, 15) is 8.78 Å². The van der Waals surface area contributed by atoms with Crippen LogP contribution in [0.3, 0.4) is 0 Å². The molecule has 1 heterocycles. The molecule has 2 rings (SSSR count). The molecule has 0 unspecified atom stereocenters. The minimum atomic E-state index is -0.657. The van der Waals surface area contributed by atoms with Gasteiger partial charge in [-0.05, 0) is 17.5 Å². The zero-order chi connectivity index (χ0) is 11.5. The molecule has 0 radical (unpaired) electrons. The maximum atomic E-state index is 13.3. The highest BCUT2D eigenvalue weighted by molar-refractivity contribution is 7.08. The minimum Gasteiger partial charge on any atom is -0.392 e. The molecule has 0 aliphatic rings. The van der Waals surface area contributed by atoms with Gasteiger partial charge in [-0.2, -0.15) is 0 Å². The molecule has 2 aromatic rings. The highest BCUT2D eigenvalue weighted by Crippen LogP contribution is 2.28. The molecule has 0 aliphatic carbocycles. The van der Waals surface area contributed by atoms with Crippen LogP contribution in [0, 0.1) is 11.6 Å². The summed E-state index contributed by atoms with van der Waals surface area (Å²) in [5.74, 6) is -1.31. The topological polar surface area (TPSA) is 32.3 Å². The predicted octanol–water partition coefficient (Wildman–Crippen LogP) is 3.26. The fourth-order valence-electron chi connectivity index (χ4n) is 1.31. The lowest BCUT2D eigenvalue weighted by molar-refractivity contribution is 0.283. The van der Waals surface area contributed by atoms with Crippen molar-refractivity contribution in [3.8, 4) is 0 Å². The molecular formula is C11H9F2NOS. The molecule has 16 heavy (non-hydrogen) atoms. The first-order valence-electron chi connectivity index (χ1n) is 4.59. The molecule has 0 saturated carbocycles. The molecule has 2 N–H and O–H groups in total. The van der Waals surface area contributed by atoms with Crippen LogP contribution in [0.1, 0.15) is 5.56 Å². The number of hydrogen-bond acceptors (Lipinski definition) is 3. The van der Waals surface area contributed by atoms with Crippen molar-refractivity contribution in [1.29, 1.82) is 0 Å². The minimum absolute atomic E-state index is 0.165. The molecule has 0 aliphatic heterocycles. The van der Waals surface area contributed by atoms with E-state index in [0.29, 0.717) is 11.3 Å². The second-order valence-electron chi connectivity index (χ2n) is 3.19. The van der Waals surface area contributed by atoms with Crippen molar-refractivity contribution in [2.75, 3.05) is 5.32 Å². The quantitative estimate of drug-likeness (QED) is 0.864. The number of hydrogen-bond donors (Lipinski definition) is 2. The number of aliphatic hydroxyl groups excluding tert-OH is 1. The number of thiophene rings is 1. The van der Waals surface area contributed by atoms with Crippen LogP contribution in [0.2, 0.25) is 0 Å². The van der Waals surface area contributed by atoms with E-state index in [1.807, 2.05) is 0 Å². The summed E-state index contributed by atoms with van der Waals surface area (Å²) in [6.07, 6.45) is 0. The van der Waals surface area contributed by atoms with E-state index < -0.39 is 11.6 Å². The number of aliphatic hydroxyl groups is 1. The summed E-state index contributed by atoms with van der Waals surface area (Å²) in [7, 11) is 0. The normalized spacial score (nSPS) is 10.4. The lowest BCUT2D eigenvalue weighted by Gasteiger charge is -2.08. The van der Waals surface area contributed by atoms with Gasteiger partial charge in [-0.1, -0.05) is 6.07 Å². The van der Waals surface area contributed by atoms with Gasteiger partial charge in [0.2, 0.25) is 0 Å². The Balaban J connectivity index is 2.34. The molecule has 0 fully saturated rings. The Morgan fingerprint density at radius 3 is 2.50 bits per heavy atom. The Morgan fingerprint density at radius 1 is 1.19 bits per heavy atom. The van der Waals surface area contributed by atoms with Gasteiger partial charge < -0.3 is 10.4 Å². The predicted molar refractivity (Wildman–Crippen MR) is 59.9 cm³/mol. The molecule has 0 bridgehead atoms. The lowest BCUT2D eigenvalue weighted by atomic mass is 10.2. The van der Waals surface area contributed by atoms with Crippen molar-refractivity contribution >= 4 is 22.7 Å². The van der Waals surface area contributed by atoms with Crippen LogP contribution in [0.25, 0.3) is 0 Å². The summed E-state index contributed by atoms with van der Waals surface area (Å²) >= 11 is 1.35. The van der Waals surface area contributed by atoms with Gasteiger partial charge in [-0.25, -0.2) is 8.78 Å². The first kappa shape index (κ1) is 11.0. The SMILES string of the molecule is OCc1cscc1Nc1c(F)cccc1F. The molecule has 2 nitrogen and oxygen atoms in total. The van der Waals surface area contributed by atoms with Crippen molar-refractivity contribution in [3.05, 3.63) is 46.2 Å². The molecule has 1 aromatic carbocycles. The smallest absolute Gasteiger partial charge is 0.149 e. The summed E-state index contributed by atoms with van der Waals surface area (Å²) in [6, 6.07) is 3.66. The van der Waals surface area contributed by atoms with Crippen LogP contribution in [-0.4, -0.2) is 5.11 Å². The summed E-state index contributed by atoms with van der Waals surface area (Å²) in [4.78, 5) is 0. The monoisotopic (exact) mass is 241 g/mol. The Bertz CT molecular complexity index is 478. The second-order valence-corrected chi connectivity index (χ2v) is 3.93.